The Morgan fingerprint density at radius 3 is 2.65 bits per heavy atom. The second-order valence-corrected chi connectivity index (χ2v) is 8.00. The van der Waals surface area contributed by atoms with Crippen LogP contribution < -0.4 is 5.32 Å². The highest BCUT2D eigenvalue weighted by molar-refractivity contribution is 7.16. The molecule has 0 saturated carbocycles. The number of hydrogen-bond acceptors (Lipinski definition) is 3. The Kier molecular flexibility index (Phi) is 5.03. The number of fused-ring (bicyclic) bond motifs is 2. The fraction of sp³-hybridized carbons (Fsp3) is 0.750. The van der Waals surface area contributed by atoms with E-state index in [-0.39, 0.29) is 0 Å². The second-order valence-electron chi connectivity index (χ2n) is 6.20. The van der Waals surface area contributed by atoms with E-state index in [1.165, 1.54) is 50.1 Å². The van der Waals surface area contributed by atoms with Gasteiger partial charge < -0.3 is 5.32 Å². The van der Waals surface area contributed by atoms with Gasteiger partial charge >= 0.3 is 0 Å². The molecule has 1 aromatic heterocycles. The Morgan fingerprint density at radius 1 is 1.30 bits per heavy atom. The van der Waals surface area contributed by atoms with E-state index >= 15 is 0 Å². The maximum Gasteiger partial charge on any atom is 0.0931 e. The zero-order valence-electron chi connectivity index (χ0n) is 12.3. The summed E-state index contributed by atoms with van der Waals surface area (Å²) in [6.45, 7) is 4.65. The van der Waals surface area contributed by atoms with Gasteiger partial charge in [0, 0.05) is 29.5 Å². The van der Waals surface area contributed by atoms with Crippen LogP contribution in [0.5, 0.6) is 0 Å². The fourth-order valence-corrected chi connectivity index (χ4v) is 4.96. The number of rotatable bonds is 6. The van der Waals surface area contributed by atoms with Crippen LogP contribution in [0.1, 0.15) is 43.9 Å². The van der Waals surface area contributed by atoms with Crippen LogP contribution in [0.25, 0.3) is 0 Å². The standard InChI is InChI=1S/C16H25ClN2S/c1-2-8-18-12-10-13-3-4-14(11-12)19(13)9-7-15-5-6-16(17)20-15/h5-6,12-14,18H,2-4,7-11H2,1H3. The molecule has 2 unspecified atom stereocenters. The van der Waals surface area contributed by atoms with Crippen molar-refractivity contribution in [3.05, 3.63) is 21.3 Å². The molecule has 1 aromatic rings. The van der Waals surface area contributed by atoms with Crippen molar-refractivity contribution in [1.29, 1.82) is 0 Å². The smallest absolute Gasteiger partial charge is 0.0931 e. The molecule has 0 spiro atoms. The van der Waals surface area contributed by atoms with Gasteiger partial charge in [0.05, 0.1) is 4.34 Å². The van der Waals surface area contributed by atoms with Gasteiger partial charge in [0.25, 0.3) is 0 Å². The number of piperidine rings is 1. The molecule has 2 saturated heterocycles. The summed E-state index contributed by atoms with van der Waals surface area (Å²) < 4.78 is 0.922. The lowest BCUT2D eigenvalue weighted by molar-refractivity contribution is 0.119. The normalized spacial score (nSPS) is 30.0. The van der Waals surface area contributed by atoms with Crippen LogP contribution >= 0.6 is 22.9 Å². The van der Waals surface area contributed by atoms with E-state index in [2.05, 4.69) is 23.2 Å². The highest BCUT2D eigenvalue weighted by Gasteiger charge is 2.39. The van der Waals surface area contributed by atoms with Gasteiger partial charge in [0.1, 0.15) is 0 Å². The summed E-state index contributed by atoms with van der Waals surface area (Å²) in [5.41, 5.74) is 0. The Morgan fingerprint density at radius 2 is 2.05 bits per heavy atom. The quantitative estimate of drug-likeness (QED) is 0.856. The molecular weight excluding hydrogens is 288 g/mol. The molecule has 0 amide bonds. The first-order valence-corrected chi connectivity index (χ1v) is 9.19. The van der Waals surface area contributed by atoms with Crippen molar-refractivity contribution >= 4 is 22.9 Å². The van der Waals surface area contributed by atoms with Crippen molar-refractivity contribution in [3.8, 4) is 0 Å². The molecule has 0 radical (unpaired) electrons. The second kappa shape index (κ2) is 6.78. The number of nitrogens with zero attached hydrogens (tertiary/aromatic N) is 1. The van der Waals surface area contributed by atoms with Gasteiger partial charge in [0.15, 0.2) is 0 Å². The van der Waals surface area contributed by atoms with E-state index in [4.69, 9.17) is 11.6 Å². The summed E-state index contributed by atoms with van der Waals surface area (Å²) in [7, 11) is 0. The van der Waals surface area contributed by atoms with Crippen LogP contribution in [0, 0.1) is 0 Å². The van der Waals surface area contributed by atoms with Crippen LogP contribution in [-0.4, -0.2) is 36.1 Å². The molecule has 4 heteroatoms. The molecule has 2 atom stereocenters. The molecule has 2 bridgehead atoms. The third kappa shape index (κ3) is 3.38. The first-order chi connectivity index (χ1) is 9.76. The van der Waals surface area contributed by atoms with E-state index in [0.717, 1.165) is 28.9 Å². The highest BCUT2D eigenvalue weighted by atomic mass is 35.5. The maximum atomic E-state index is 6.02. The average Bonchev–Trinajstić information content (AvgIpc) is 2.95. The van der Waals surface area contributed by atoms with Gasteiger partial charge in [-0.15, -0.1) is 11.3 Å². The number of halogens is 1. The molecule has 0 aromatic carbocycles. The number of thiophene rings is 1. The first-order valence-electron chi connectivity index (χ1n) is 7.99. The molecule has 3 rings (SSSR count). The molecule has 2 nitrogen and oxygen atoms in total. The van der Waals surface area contributed by atoms with Crippen molar-refractivity contribution in [1.82, 2.24) is 10.2 Å². The van der Waals surface area contributed by atoms with Gasteiger partial charge in [0.2, 0.25) is 0 Å². The van der Waals surface area contributed by atoms with Crippen LogP contribution in [0.4, 0.5) is 0 Å². The largest absolute Gasteiger partial charge is 0.314 e. The molecule has 3 heterocycles. The Bertz CT molecular complexity index is 420. The summed E-state index contributed by atoms with van der Waals surface area (Å²) in [6.07, 6.45) is 7.91. The fourth-order valence-electron chi connectivity index (χ4n) is 3.88. The molecule has 1 N–H and O–H groups in total. The molecule has 2 aliphatic heterocycles. The van der Waals surface area contributed by atoms with E-state index < -0.39 is 0 Å². The summed E-state index contributed by atoms with van der Waals surface area (Å²) in [6, 6.07) is 6.61. The van der Waals surface area contributed by atoms with Crippen molar-refractivity contribution in [2.45, 2.75) is 63.6 Å². The predicted molar refractivity (Wildman–Crippen MR) is 87.9 cm³/mol. The topological polar surface area (TPSA) is 15.3 Å². The Hall–Kier alpha value is -0.0900. The zero-order valence-corrected chi connectivity index (χ0v) is 13.8. The van der Waals surface area contributed by atoms with Crippen molar-refractivity contribution in [2.24, 2.45) is 0 Å². The minimum absolute atomic E-state index is 0.764. The van der Waals surface area contributed by atoms with E-state index in [0.29, 0.717) is 0 Å². The van der Waals surface area contributed by atoms with E-state index in [1.54, 1.807) is 11.3 Å². The molecule has 2 aliphatic rings. The summed E-state index contributed by atoms with van der Waals surface area (Å²) in [5, 5.41) is 3.73. The monoisotopic (exact) mass is 312 g/mol. The molecular formula is C16H25ClN2S. The van der Waals surface area contributed by atoms with Crippen LogP contribution in [0.15, 0.2) is 12.1 Å². The molecule has 0 aliphatic carbocycles. The lowest BCUT2D eigenvalue weighted by Gasteiger charge is -2.39. The molecule has 112 valence electrons. The first kappa shape index (κ1) is 14.8. The molecule has 20 heavy (non-hydrogen) atoms. The van der Waals surface area contributed by atoms with Gasteiger partial charge in [-0.25, -0.2) is 0 Å². The van der Waals surface area contributed by atoms with Crippen molar-refractivity contribution in [2.75, 3.05) is 13.1 Å². The molecule has 2 fully saturated rings. The third-order valence-corrected chi connectivity index (χ3v) is 6.10. The SMILES string of the molecule is CCCNC1CC2CCC(C1)N2CCc1ccc(Cl)s1. The number of hydrogen-bond donors (Lipinski definition) is 1. The highest BCUT2D eigenvalue weighted by Crippen LogP contribution is 2.36. The average molecular weight is 313 g/mol. The summed E-state index contributed by atoms with van der Waals surface area (Å²) in [5.74, 6) is 0. The minimum Gasteiger partial charge on any atom is -0.314 e. The summed E-state index contributed by atoms with van der Waals surface area (Å²) >= 11 is 7.75. The Labute approximate surface area is 131 Å². The number of nitrogens with one attached hydrogen (secondary N) is 1. The summed E-state index contributed by atoms with van der Waals surface area (Å²) in [4.78, 5) is 4.21. The van der Waals surface area contributed by atoms with Gasteiger partial charge in [-0.3, -0.25) is 4.90 Å². The lowest BCUT2D eigenvalue weighted by Crippen LogP contribution is -2.49. The van der Waals surface area contributed by atoms with Crippen LogP contribution in [0.3, 0.4) is 0 Å². The van der Waals surface area contributed by atoms with Crippen molar-refractivity contribution < 1.29 is 0 Å². The van der Waals surface area contributed by atoms with Crippen molar-refractivity contribution in [3.63, 3.8) is 0 Å². The minimum atomic E-state index is 0.764. The maximum absolute atomic E-state index is 6.02. The van der Waals surface area contributed by atoms with Gasteiger partial charge in [-0.1, -0.05) is 18.5 Å². The predicted octanol–water partition coefficient (Wildman–Crippen LogP) is 3.94. The van der Waals surface area contributed by atoms with E-state index in [1.807, 2.05) is 6.07 Å². The van der Waals surface area contributed by atoms with Gasteiger partial charge in [-0.2, -0.15) is 0 Å². The zero-order chi connectivity index (χ0) is 13.9. The van der Waals surface area contributed by atoms with Crippen LogP contribution in [-0.2, 0) is 6.42 Å². The van der Waals surface area contributed by atoms with Crippen LogP contribution in [0.2, 0.25) is 4.34 Å². The third-order valence-electron chi connectivity index (χ3n) is 4.81. The van der Waals surface area contributed by atoms with E-state index in [9.17, 15) is 0 Å². The Balaban J connectivity index is 1.52. The van der Waals surface area contributed by atoms with Gasteiger partial charge in [-0.05, 0) is 57.2 Å². The lowest BCUT2D eigenvalue weighted by atomic mass is 9.97.